The summed E-state index contributed by atoms with van der Waals surface area (Å²) in [6.45, 7) is 0. The van der Waals surface area contributed by atoms with Crippen LogP contribution in [-0.2, 0) is 6.42 Å². The van der Waals surface area contributed by atoms with Gasteiger partial charge in [0.15, 0.2) is 0 Å². The van der Waals surface area contributed by atoms with Crippen LogP contribution in [0.2, 0.25) is 0 Å². The van der Waals surface area contributed by atoms with Crippen LogP contribution in [0.5, 0.6) is 0 Å². The number of aryl methyl sites for hydroxylation is 1. The molecule has 0 N–H and O–H groups in total. The van der Waals surface area contributed by atoms with Gasteiger partial charge in [0.25, 0.3) is 0 Å². The van der Waals surface area contributed by atoms with Gasteiger partial charge < -0.3 is 0 Å². The fourth-order valence-corrected chi connectivity index (χ4v) is 2.28. The molecule has 84 valence electrons. The van der Waals surface area contributed by atoms with Crippen molar-refractivity contribution in [3.63, 3.8) is 0 Å². The fourth-order valence-electron chi connectivity index (χ4n) is 2.28. The first-order chi connectivity index (χ1) is 8.33. The van der Waals surface area contributed by atoms with Crippen LogP contribution in [0.25, 0.3) is 11.6 Å². The van der Waals surface area contributed by atoms with Crippen molar-refractivity contribution in [3.8, 4) is 0 Å². The van der Waals surface area contributed by atoms with Crippen molar-refractivity contribution < 1.29 is 4.39 Å². The zero-order chi connectivity index (χ0) is 11.7. The first-order valence-electron chi connectivity index (χ1n) is 5.72. The van der Waals surface area contributed by atoms with E-state index in [0.29, 0.717) is 0 Å². The number of nitrogens with zero attached hydrogens (tertiary/aromatic N) is 1. The minimum Gasteiger partial charge on any atom is -0.264 e. The molecular weight excluding hydrogens is 213 g/mol. The lowest BCUT2D eigenvalue weighted by atomic mass is 10.1. The van der Waals surface area contributed by atoms with E-state index in [2.05, 4.69) is 11.1 Å². The minimum atomic E-state index is -0.164. The lowest BCUT2D eigenvalue weighted by Gasteiger charge is -2.01. The van der Waals surface area contributed by atoms with Gasteiger partial charge in [-0.05, 0) is 59.4 Å². The van der Waals surface area contributed by atoms with Crippen molar-refractivity contribution in [3.05, 3.63) is 65.2 Å². The summed E-state index contributed by atoms with van der Waals surface area (Å²) in [6.07, 6.45) is 7.65. The molecule has 1 aliphatic rings. The average Bonchev–Trinajstić information content (AvgIpc) is 2.73. The number of pyridine rings is 1. The highest BCUT2D eigenvalue weighted by Gasteiger charge is 2.16. The Morgan fingerprint density at radius 2 is 2.12 bits per heavy atom. The molecule has 2 heteroatoms. The Morgan fingerprint density at radius 3 is 2.94 bits per heavy atom. The molecule has 0 saturated carbocycles. The quantitative estimate of drug-likeness (QED) is 0.721. The number of allylic oxidation sites excluding steroid dienone is 1. The first kappa shape index (κ1) is 10.2. The lowest BCUT2D eigenvalue weighted by Crippen LogP contribution is -1.83. The Hall–Kier alpha value is -1.96. The molecule has 0 amide bonds. The Morgan fingerprint density at radius 1 is 1.18 bits per heavy atom. The van der Waals surface area contributed by atoms with E-state index < -0.39 is 0 Å². The maximum absolute atomic E-state index is 13.2. The Labute approximate surface area is 99.6 Å². The molecular formula is C15H12FN. The maximum atomic E-state index is 13.2. The number of benzene rings is 1. The molecule has 17 heavy (non-hydrogen) atoms. The molecule has 0 atom stereocenters. The van der Waals surface area contributed by atoms with Gasteiger partial charge in [-0.2, -0.15) is 0 Å². The number of rotatable bonds is 1. The van der Waals surface area contributed by atoms with Crippen LogP contribution in [0.3, 0.4) is 0 Å². The topological polar surface area (TPSA) is 12.9 Å². The highest BCUT2D eigenvalue weighted by Crippen LogP contribution is 2.33. The van der Waals surface area contributed by atoms with E-state index in [9.17, 15) is 4.39 Å². The SMILES string of the molecule is Fc1ccc2c(c1)/C(=C\c1cccnc1)CC2. The molecule has 1 aromatic carbocycles. The fraction of sp³-hybridized carbons (Fsp3) is 0.133. The zero-order valence-corrected chi connectivity index (χ0v) is 9.36. The monoisotopic (exact) mass is 225 g/mol. The molecule has 0 saturated heterocycles. The molecule has 0 spiro atoms. The van der Waals surface area contributed by atoms with Gasteiger partial charge >= 0.3 is 0 Å². The van der Waals surface area contributed by atoms with E-state index in [1.54, 1.807) is 12.3 Å². The second-order valence-corrected chi connectivity index (χ2v) is 4.26. The summed E-state index contributed by atoms with van der Waals surface area (Å²) in [5.74, 6) is -0.164. The van der Waals surface area contributed by atoms with Crippen LogP contribution in [0, 0.1) is 5.82 Å². The van der Waals surface area contributed by atoms with Crippen molar-refractivity contribution >= 4 is 11.6 Å². The van der Waals surface area contributed by atoms with Crippen molar-refractivity contribution in [1.82, 2.24) is 4.98 Å². The van der Waals surface area contributed by atoms with Gasteiger partial charge in [0, 0.05) is 12.4 Å². The third kappa shape index (κ3) is 1.98. The Balaban J connectivity index is 2.04. The smallest absolute Gasteiger partial charge is 0.123 e. The third-order valence-electron chi connectivity index (χ3n) is 3.11. The first-order valence-corrected chi connectivity index (χ1v) is 5.72. The van der Waals surface area contributed by atoms with E-state index in [4.69, 9.17) is 0 Å². The van der Waals surface area contributed by atoms with Crippen molar-refractivity contribution in [1.29, 1.82) is 0 Å². The van der Waals surface area contributed by atoms with E-state index in [0.717, 1.165) is 24.0 Å². The molecule has 0 unspecified atom stereocenters. The standard InChI is InChI=1S/C15H12FN/c16-14-6-5-12-3-4-13(15(12)9-14)8-11-2-1-7-17-10-11/h1-2,5-10H,3-4H2/b13-8-. The van der Waals surface area contributed by atoms with Crippen molar-refractivity contribution in [2.75, 3.05) is 0 Å². The van der Waals surface area contributed by atoms with E-state index in [1.807, 2.05) is 24.4 Å². The second-order valence-electron chi connectivity index (χ2n) is 4.26. The minimum absolute atomic E-state index is 0.164. The number of hydrogen-bond donors (Lipinski definition) is 0. The van der Waals surface area contributed by atoms with Crippen molar-refractivity contribution in [2.45, 2.75) is 12.8 Å². The highest BCUT2D eigenvalue weighted by molar-refractivity contribution is 5.85. The third-order valence-corrected chi connectivity index (χ3v) is 3.11. The highest BCUT2D eigenvalue weighted by atomic mass is 19.1. The van der Waals surface area contributed by atoms with Crippen LogP contribution in [0.4, 0.5) is 4.39 Å². The van der Waals surface area contributed by atoms with Gasteiger partial charge in [0.05, 0.1) is 0 Å². The van der Waals surface area contributed by atoms with Crippen LogP contribution < -0.4 is 0 Å². The summed E-state index contributed by atoms with van der Waals surface area (Å²) < 4.78 is 13.2. The molecule has 0 radical (unpaired) electrons. The van der Waals surface area contributed by atoms with Crippen LogP contribution in [0.1, 0.15) is 23.1 Å². The largest absolute Gasteiger partial charge is 0.264 e. The van der Waals surface area contributed by atoms with Gasteiger partial charge in [0.1, 0.15) is 5.82 Å². The molecule has 1 nitrogen and oxygen atoms in total. The number of fused-ring (bicyclic) bond motifs is 1. The summed E-state index contributed by atoms with van der Waals surface area (Å²) in [5, 5.41) is 0. The van der Waals surface area contributed by atoms with Gasteiger partial charge in [-0.3, -0.25) is 4.98 Å². The summed E-state index contributed by atoms with van der Waals surface area (Å²) in [4.78, 5) is 4.08. The molecule has 3 rings (SSSR count). The molecule has 0 fully saturated rings. The molecule has 2 aromatic rings. The Kier molecular flexibility index (Phi) is 2.48. The zero-order valence-electron chi connectivity index (χ0n) is 9.36. The number of aromatic nitrogens is 1. The average molecular weight is 225 g/mol. The second kappa shape index (κ2) is 4.13. The lowest BCUT2D eigenvalue weighted by molar-refractivity contribution is 0.627. The van der Waals surface area contributed by atoms with Gasteiger partial charge in [-0.15, -0.1) is 0 Å². The molecule has 0 aliphatic heterocycles. The summed E-state index contributed by atoms with van der Waals surface area (Å²) in [7, 11) is 0. The molecule has 1 aliphatic carbocycles. The van der Waals surface area contributed by atoms with E-state index in [1.165, 1.54) is 17.2 Å². The molecule has 1 aromatic heterocycles. The summed E-state index contributed by atoms with van der Waals surface area (Å²) in [5.41, 5.74) is 4.56. The van der Waals surface area contributed by atoms with Crippen LogP contribution in [-0.4, -0.2) is 4.98 Å². The predicted octanol–water partition coefficient (Wildman–Crippen LogP) is 3.71. The van der Waals surface area contributed by atoms with Gasteiger partial charge in [-0.1, -0.05) is 12.1 Å². The molecule has 1 heterocycles. The van der Waals surface area contributed by atoms with Gasteiger partial charge in [0.2, 0.25) is 0 Å². The van der Waals surface area contributed by atoms with Crippen molar-refractivity contribution in [2.24, 2.45) is 0 Å². The normalized spacial score (nSPS) is 16.2. The summed E-state index contributed by atoms with van der Waals surface area (Å²) in [6, 6.07) is 8.97. The van der Waals surface area contributed by atoms with E-state index in [-0.39, 0.29) is 5.82 Å². The van der Waals surface area contributed by atoms with Gasteiger partial charge in [-0.25, -0.2) is 4.39 Å². The number of halogens is 1. The maximum Gasteiger partial charge on any atom is 0.123 e. The number of hydrogen-bond acceptors (Lipinski definition) is 1. The molecule has 0 bridgehead atoms. The predicted molar refractivity (Wildman–Crippen MR) is 66.8 cm³/mol. The van der Waals surface area contributed by atoms with Crippen LogP contribution >= 0.6 is 0 Å². The Bertz CT molecular complexity index is 573. The van der Waals surface area contributed by atoms with E-state index >= 15 is 0 Å². The van der Waals surface area contributed by atoms with Crippen LogP contribution in [0.15, 0.2) is 42.7 Å². The summed E-state index contributed by atoms with van der Waals surface area (Å²) >= 11 is 0.